The lowest BCUT2D eigenvalue weighted by atomic mass is 10.0. The van der Waals surface area contributed by atoms with Gasteiger partial charge in [0.1, 0.15) is 5.75 Å². The molecule has 33 heavy (non-hydrogen) atoms. The highest BCUT2D eigenvalue weighted by Crippen LogP contribution is 2.33. The summed E-state index contributed by atoms with van der Waals surface area (Å²) >= 11 is 0.592. The number of hydrogen-bond donors (Lipinski definition) is 1. The summed E-state index contributed by atoms with van der Waals surface area (Å²) < 4.78 is 60.3. The first-order valence-electron chi connectivity index (χ1n) is 9.83. The highest BCUT2D eigenvalue weighted by atomic mass is 32.1. The van der Waals surface area contributed by atoms with Gasteiger partial charge >= 0.3 is 12.3 Å². The van der Waals surface area contributed by atoms with E-state index in [0.29, 0.717) is 16.9 Å². The number of carbonyl (C=O) groups is 2. The van der Waals surface area contributed by atoms with Gasteiger partial charge in [-0.05, 0) is 36.2 Å². The Hall–Kier alpha value is -3.40. The van der Waals surface area contributed by atoms with Gasteiger partial charge in [0.2, 0.25) is 0 Å². The van der Waals surface area contributed by atoms with E-state index in [1.54, 1.807) is 37.3 Å². The Morgan fingerprint density at radius 1 is 1.06 bits per heavy atom. The van der Waals surface area contributed by atoms with Crippen LogP contribution in [0.1, 0.15) is 34.6 Å². The number of nitrogens with one attached hydrogen (secondary N) is 1. The average molecular weight is 481 g/mol. The Labute approximate surface area is 191 Å². The fraction of sp³-hybridized carbons (Fsp3) is 0.217. The summed E-state index contributed by atoms with van der Waals surface area (Å²) in [5, 5.41) is 2.05. The van der Waals surface area contributed by atoms with Crippen LogP contribution < -0.4 is 10.1 Å². The van der Waals surface area contributed by atoms with Gasteiger partial charge in [-0.3, -0.25) is 9.59 Å². The third kappa shape index (κ3) is 6.79. The van der Waals surface area contributed by atoms with E-state index in [1.165, 1.54) is 18.2 Å². The number of esters is 1. The number of thiophene rings is 1. The normalized spacial score (nSPS) is 12.2. The molecule has 0 bridgehead atoms. The van der Waals surface area contributed by atoms with E-state index in [-0.39, 0.29) is 29.0 Å². The number of rotatable bonds is 8. The molecule has 1 amide bonds. The monoisotopic (exact) mass is 481 g/mol. The summed E-state index contributed by atoms with van der Waals surface area (Å²) in [4.78, 5) is 24.8. The van der Waals surface area contributed by atoms with E-state index in [9.17, 15) is 27.2 Å². The van der Waals surface area contributed by atoms with E-state index in [2.05, 4.69) is 10.1 Å². The molecular weight excluding hydrogens is 462 g/mol. The highest BCUT2D eigenvalue weighted by Gasteiger charge is 2.31. The fourth-order valence-corrected chi connectivity index (χ4v) is 3.88. The van der Waals surface area contributed by atoms with Gasteiger partial charge in [-0.1, -0.05) is 42.5 Å². The largest absolute Gasteiger partial charge is 0.573 e. The summed E-state index contributed by atoms with van der Waals surface area (Å²) in [6.07, 6.45) is -4.94. The number of ether oxygens (including phenoxy) is 2. The van der Waals surface area contributed by atoms with Gasteiger partial charge in [0.25, 0.3) is 5.91 Å². The molecule has 174 valence electrons. The van der Waals surface area contributed by atoms with E-state index in [1.807, 2.05) is 0 Å². The topological polar surface area (TPSA) is 64.6 Å². The Kier molecular flexibility index (Phi) is 7.70. The van der Waals surface area contributed by atoms with Crippen LogP contribution in [0.5, 0.6) is 5.75 Å². The molecule has 10 heteroatoms. The van der Waals surface area contributed by atoms with E-state index >= 15 is 0 Å². The molecule has 1 aromatic heterocycles. The van der Waals surface area contributed by atoms with Crippen LogP contribution in [0.15, 0.2) is 60.7 Å². The summed E-state index contributed by atoms with van der Waals surface area (Å²) in [5.74, 6) is -1.53. The van der Waals surface area contributed by atoms with Crippen molar-refractivity contribution < 1.29 is 36.6 Å². The van der Waals surface area contributed by atoms with Crippen molar-refractivity contribution in [3.05, 3.63) is 76.2 Å². The van der Waals surface area contributed by atoms with Crippen LogP contribution in [-0.2, 0) is 9.53 Å². The number of hydrogen-bond acceptors (Lipinski definition) is 5. The van der Waals surface area contributed by atoms with Crippen molar-refractivity contribution in [2.24, 2.45) is 0 Å². The molecule has 1 heterocycles. The minimum atomic E-state index is -4.83. The number of amides is 1. The smallest absolute Gasteiger partial charge is 0.466 e. The van der Waals surface area contributed by atoms with Crippen LogP contribution in [0, 0.1) is 5.13 Å². The summed E-state index contributed by atoms with van der Waals surface area (Å²) in [5.41, 5.74) is 1.02. The maximum atomic E-state index is 14.6. The number of alkyl halides is 3. The standard InChI is InChI=1S/C23H19F4NO4S/c1-2-31-20(29)13-18(15-6-4-3-5-7-15)28-22(30)19-12-17(21(24)33-19)14-8-10-16(11-9-14)32-23(25,26)27/h3-12,18H,2,13H2,1H3,(H,28,30)/t18-/m1/s1. The number of benzene rings is 2. The molecule has 0 saturated carbocycles. The fourth-order valence-electron chi connectivity index (χ4n) is 3.07. The van der Waals surface area contributed by atoms with E-state index < -0.39 is 35.2 Å². The molecule has 1 atom stereocenters. The SMILES string of the molecule is CCOC(=O)C[C@@H](NC(=O)c1cc(-c2ccc(OC(F)(F)F)cc2)c(F)s1)c1ccccc1. The van der Waals surface area contributed by atoms with Crippen molar-refractivity contribution in [2.75, 3.05) is 6.61 Å². The molecule has 0 aliphatic heterocycles. The molecule has 0 radical (unpaired) electrons. The molecule has 0 unspecified atom stereocenters. The Balaban J connectivity index is 1.78. The van der Waals surface area contributed by atoms with Gasteiger partial charge in [0.15, 0.2) is 5.13 Å². The summed E-state index contributed by atoms with van der Waals surface area (Å²) in [7, 11) is 0. The van der Waals surface area contributed by atoms with Crippen LogP contribution in [0.25, 0.3) is 11.1 Å². The van der Waals surface area contributed by atoms with E-state index in [4.69, 9.17) is 4.74 Å². The Bertz CT molecular complexity index is 1100. The maximum Gasteiger partial charge on any atom is 0.573 e. The zero-order chi connectivity index (χ0) is 24.0. The second-order valence-electron chi connectivity index (χ2n) is 6.82. The van der Waals surface area contributed by atoms with E-state index in [0.717, 1.165) is 12.1 Å². The van der Waals surface area contributed by atoms with Crippen LogP contribution >= 0.6 is 11.3 Å². The number of carbonyl (C=O) groups excluding carboxylic acids is 2. The van der Waals surface area contributed by atoms with Gasteiger partial charge in [0, 0.05) is 5.56 Å². The lowest BCUT2D eigenvalue weighted by Crippen LogP contribution is -2.30. The molecule has 0 saturated heterocycles. The van der Waals surface area contributed by atoms with Gasteiger partial charge in [-0.2, -0.15) is 4.39 Å². The molecule has 3 aromatic rings. The average Bonchev–Trinajstić information content (AvgIpc) is 3.15. The Morgan fingerprint density at radius 2 is 1.73 bits per heavy atom. The van der Waals surface area contributed by atoms with Crippen molar-refractivity contribution in [2.45, 2.75) is 25.7 Å². The van der Waals surface area contributed by atoms with Crippen LogP contribution in [0.4, 0.5) is 17.6 Å². The molecule has 0 fully saturated rings. The third-order valence-electron chi connectivity index (χ3n) is 4.49. The van der Waals surface area contributed by atoms with Gasteiger partial charge in [-0.25, -0.2) is 0 Å². The van der Waals surface area contributed by atoms with Crippen LogP contribution in [-0.4, -0.2) is 24.8 Å². The molecule has 5 nitrogen and oxygen atoms in total. The van der Waals surface area contributed by atoms with Crippen LogP contribution in [0.3, 0.4) is 0 Å². The minimum absolute atomic E-state index is 0.0444. The summed E-state index contributed by atoms with van der Waals surface area (Å²) in [6, 6.07) is 14.1. The molecule has 3 rings (SSSR count). The van der Waals surface area contributed by atoms with Gasteiger partial charge < -0.3 is 14.8 Å². The predicted molar refractivity (Wildman–Crippen MR) is 114 cm³/mol. The molecule has 2 aromatic carbocycles. The second kappa shape index (κ2) is 10.5. The first kappa shape index (κ1) is 24.2. The van der Waals surface area contributed by atoms with Crippen molar-refractivity contribution in [1.82, 2.24) is 5.32 Å². The second-order valence-corrected chi connectivity index (χ2v) is 7.82. The third-order valence-corrected chi connectivity index (χ3v) is 5.42. The molecule has 0 spiro atoms. The van der Waals surface area contributed by atoms with Crippen molar-refractivity contribution in [1.29, 1.82) is 0 Å². The molecule has 0 aliphatic rings. The first-order valence-corrected chi connectivity index (χ1v) is 10.6. The lowest BCUT2D eigenvalue weighted by molar-refractivity contribution is -0.274. The summed E-state index contributed by atoms with van der Waals surface area (Å²) in [6.45, 7) is 1.87. The van der Waals surface area contributed by atoms with Crippen molar-refractivity contribution >= 4 is 23.2 Å². The van der Waals surface area contributed by atoms with Gasteiger partial charge in [0.05, 0.1) is 23.9 Å². The van der Waals surface area contributed by atoms with Crippen LogP contribution in [0.2, 0.25) is 0 Å². The Morgan fingerprint density at radius 3 is 2.33 bits per heavy atom. The van der Waals surface area contributed by atoms with Crippen molar-refractivity contribution in [3.8, 4) is 16.9 Å². The van der Waals surface area contributed by atoms with Crippen molar-refractivity contribution in [3.63, 3.8) is 0 Å². The lowest BCUT2D eigenvalue weighted by Gasteiger charge is -2.18. The van der Waals surface area contributed by atoms with Gasteiger partial charge in [-0.15, -0.1) is 24.5 Å². The first-order chi connectivity index (χ1) is 15.7. The zero-order valence-corrected chi connectivity index (χ0v) is 18.1. The number of halogens is 4. The minimum Gasteiger partial charge on any atom is -0.466 e. The predicted octanol–water partition coefficient (Wildman–Crippen LogP) is 5.88. The zero-order valence-electron chi connectivity index (χ0n) is 17.3. The molecule has 1 N–H and O–H groups in total. The quantitative estimate of drug-likeness (QED) is 0.323. The molecule has 0 aliphatic carbocycles. The maximum absolute atomic E-state index is 14.6. The highest BCUT2D eigenvalue weighted by molar-refractivity contribution is 7.12. The molecular formula is C23H19F4NO4S.